The number of halogens is 2. The molecule has 0 bridgehead atoms. The molecule has 0 heterocycles. The Kier molecular flexibility index (Phi) is 6.51. The predicted octanol–water partition coefficient (Wildman–Crippen LogP) is 3.74. The molecule has 1 aromatic carbocycles. The normalized spacial score (nSPS) is 11.8. The monoisotopic (exact) mass is 392 g/mol. The zero-order chi connectivity index (χ0) is 14.4. The third-order valence-electron chi connectivity index (χ3n) is 2.34. The quantitative estimate of drug-likeness (QED) is 0.545. The number of hydrogen-bond donors (Lipinski definition) is 0. The van der Waals surface area contributed by atoms with Crippen LogP contribution in [0, 0.1) is 0 Å². The minimum Gasteiger partial charge on any atom is -0.476 e. The Balaban J connectivity index is 2.97. The summed E-state index contributed by atoms with van der Waals surface area (Å²) in [6.07, 6.45) is 0.560. The van der Waals surface area contributed by atoms with E-state index < -0.39 is 12.1 Å². The van der Waals surface area contributed by atoms with Crippen LogP contribution in [0.5, 0.6) is 5.75 Å². The molecule has 0 saturated heterocycles. The van der Waals surface area contributed by atoms with Crippen LogP contribution < -0.4 is 4.74 Å². The molecule has 1 aromatic rings. The molecule has 0 aromatic heterocycles. The van der Waals surface area contributed by atoms with Gasteiger partial charge in [-0.05, 0) is 57.3 Å². The molecule has 0 spiro atoms. The van der Waals surface area contributed by atoms with Gasteiger partial charge in [0, 0.05) is 5.56 Å². The highest BCUT2D eigenvalue weighted by Gasteiger charge is 2.22. The number of esters is 1. The van der Waals surface area contributed by atoms with Crippen molar-refractivity contribution in [1.82, 2.24) is 0 Å². The van der Waals surface area contributed by atoms with E-state index >= 15 is 0 Å². The van der Waals surface area contributed by atoms with Gasteiger partial charge in [-0.1, -0.05) is 6.92 Å². The van der Waals surface area contributed by atoms with Crippen molar-refractivity contribution in [3.8, 4) is 5.75 Å². The van der Waals surface area contributed by atoms with Crippen molar-refractivity contribution in [2.24, 2.45) is 0 Å². The number of hydrogen-bond acceptors (Lipinski definition) is 4. The lowest BCUT2D eigenvalue weighted by Crippen LogP contribution is -2.29. The molecule has 19 heavy (non-hydrogen) atoms. The molecule has 104 valence electrons. The first-order valence-corrected chi connectivity index (χ1v) is 7.39. The van der Waals surface area contributed by atoms with Gasteiger partial charge in [-0.2, -0.15) is 0 Å². The van der Waals surface area contributed by atoms with Crippen molar-refractivity contribution in [2.45, 2.75) is 26.4 Å². The second-order valence-corrected chi connectivity index (χ2v) is 5.41. The predicted molar refractivity (Wildman–Crippen MR) is 78.6 cm³/mol. The van der Waals surface area contributed by atoms with E-state index in [4.69, 9.17) is 9.47 Å². The van der Waals surface area contributed by atoms with Gasteiger partial charge in [0.05, 0.1) is 15.6 Å². The molecule has 0 aliphatic rings. The maximum atomic E-state index is 11.7. The van der Waals surface area contributed by atoms with Gasteiger partial charge >= 0.3 is 5.97 Å². The highest BCUT2D eigenvalue weighted by molar-refractivity contribution is 9.11. The Bertz CT molecular complexity index is 451. The van der Waals surface area contributed by atoms with Gasteiger partial charge in [0.15, 0.2) is 6.10 Å². The van der Waals surface area contributed by atoms with Gasteiger partial charge < -0.3 is 9.47 Å². The van der Waals surface area contributed by atoms with Crippen molar-refractivity contribution in [1.29, 1.82) is 0 Å². The van der Waals surface area contributed by atoms with E-state index in [1.807, 2.05) is 6.92 Å². The Morgan fingerprint density at radius 1 is 1.32 bits per heavy atom. The van der Waals surface area contributed by atoms with Crippen molar-refractivity contribution in [2.75, 3.05) is 6.61 Å². The molecule has 0 fully saturated rings. The Morgan fingerprint density at radius 2 is 1.89 bits per heavy atom. The van der Waals surface area contributed by atoms with E-state index in [2.05, 4.69) is 31.9 Å². The molecule has 0 amide bonds. The van der Waals surface area contributed by atoms with Gasteiger partial charge in [0.25, 0.3) is 0 Å². The minimum absolute atomic E-state index is 0.311. The fourth-order valence-electron chi connectivity index (χ4n) is 1.44. The molecule has 0 aliphatic carbocycles. The van der Waals surface area contributed by atoms with Crippen molar-refractivity contribution in [3.05, 3.63) is 26.6 Å². The molecule has 6 heteroatoms. The topological polar surface area (TPSA) is 52.6 Å². The smallest absolute Gasteiger partial charge is 0.347 e. The lowest BCUT2D eigenvalue weighted by Gasteiger charge is -2.18. The van der Waals surface area contributed by atoms with Crippen molar-refractivity contribution < 1.29 is 19.1 Å². The van der Waals surface area contributed by atoms with Crippen LogP contribution in [0.4, 0.5) is 0 Å². The van der Waals surface area contributed by atoms with Crippen LogP contribution in [0.25, 0.3) is 0 Å². The fourth-order valence-corrected chi connectivity index (χ4v) is 2.84. The maximum absolute atomic E-state index is 11.7. The Morgan fingerprint density at radius 3 is 2.32 bits per heavy atom. The summed E-state index contributed by atoms with van der Waals surface area (Å²) in [5.41, 5.74) is 0.510. The first-order valence-electron chi connectivity index (χ1n) is 5.80. The number of carbonyl (C=O) groups is 2. The number of benzene rings is 1. The van der Waals surface area contributed by atoms with Crippen LogP contribution in [-0.4, -0.2) is 25.0 Å². The standard InChI is InChI=1S/C13H14Br2O4/c1-3-11(13(17)18-4-2)19-12-9(14)5-8(7-16)6-10(12)15/h5-7,11H,3-4H2,1-2H3. The second-order valence-electron chi connectivity index (χ2n) is 3.70. The summed E-state index contributed by atoms with van der Waals surface area (Å²) in [4.78, 5) is 22.4. The number of rotatable bonds is 6. The van der Waals surface area contributed by atoms with Crippen LogP contribution in [0.1, 0.15) is 30.6 Å². The molecule has 1 rings (SSSR count). The van der Waals surface area contributed by atoms with E-state index in [1.165, 1.54) is 0 Å². The molecular weight excluding hydrogens is 380 g/mol. The van der Waals surface area contributed by atoms with Gasteiger partial charge in [-0.25, -0.2) is 4.79 Å². The van der Waals surface area contributed by atoms with Crippen LogP contribution in [-0.2, 0) is 9.53 Å². The van der Waals surface area contributed by atoms with E-state index in [9.17, 15) is 9.59 Å². The zero-order valence-corrected chi connectivity index (χ0v) is 13.8. The van der Waals surface area contributed by atoms with Crippen LogP contribution >= 0.6 is 31.9 Å². The summed E-state index contributed by atoms with van der Waals surface area (Å²) < 4.78 is 11.8. The molecule has 0 saturated carbocycles. The average Bonchev–Trinajstić information content (AvgIpc) is 2.38. The highest BCUT2D eigenvalue weighted by Crippen LogP contribution is 2.35. The summed E-state index contributed by atoms with van der Waals surface area (Å²) in [6.45, 7) is 3.89. The molecule has 0 N–H and O–H groups in total. The van der Waals surface area contributed by atoms with Gasteiger partial charge in [0.2, 0.25) is 0 Å². The lowest BCUT2D eigenvalue weighted by molar-refractivity contribution is -0.151. The van der Waals surface area contributed by atoms with Crippen LogP contribution in [0.2, 0.25) is 0 Å². The van der Waals surface area contributed by atoms with E-state index in [-0.39, 0.29) is 0 Å². The summed E-state index contributed by atoms with van der Waals surface area (Å²) in [6, 6.07) is 3.26. The molecule has 0 radical (unpaired) electrons. The third kappa shape index (κ3) is 4.31. The number of aldehydes is 1. The summed E-state index contributed by atoms with van der Waals surface area (Å²) in [5.74, 6) is 0.0776. The largest absolute Gasteiger partial charge is 0.476 e. The Hall–Kier alpha value is -0.880. The van der Waals surface area contributed by atoms with Crippen LogP contribution in [0.3, 0.4) is 0 Å². The minimum atomic E-state index is -0.672. The van der Waals surface area contributed by atoms with Crippen LogP contribution in [0.15, 0.2) is 21.1 Å². The summed E-state index contributed by atoms with van der Waals surface area (Å²) in [5, 5.41) is 0. The van der Waals surface area contributed by atoms with E-state index in [1.54, 1.807) is 19.1 Å². The molecular formula is C13H14Br2O4. The zero-order valence-electron chi connectivity index (χ0n) is 10.6. The first-order chi connectivity index (χ1) is 9.03. The molecule has 1 atom stereocenters. The second kappa shape index (κ2) is 7.65. The third-order valence-corrected chi connectivity index (χ3v) is 3.52. The van der Waals surface area contributed by atoms with Gasteiger partial charge in [0.1, 0.15) is 12.0 Å². The molecule has 4 nitrogen and oxygen atoms in total. The maximum Gasteiger partial charge on any atom is 0.347 e. The van der Waals surface area contributed by atoms with Gasteiger partial charge in [-0.3, -0.25) is 4.79 Å². The van der Waals surface area contributed by atoms with E-state index in [0.29, 0.717) is 33.3 Å². The highest BCUT2D eigenvalue weighted by atomic mass is 79.9. The van der Waals surface area contributed by atoms with Crippen molar-refractivity contribution in [3.63, 3.8) is 0 Å². The summed E-state index contributed by atoms with van der Waals surface area (Å²) in [7, 11) is 0. The van der Waals surface area contributed by atoms with E-state index in [0.717, 1.165) is 6.29 Å². The lowest BCUT2D eigenvalue weighted by atomic mass is 10.2. The molecule has 1 unspecified atom stereocenters. The fraction of sp³-hybridized carbons (Fsp3) is 0.385. The number of ether oxygens (including phenoxy) is 2. The van der Waals surface area contributed by atoms with Gasteiger partial charge in [-0.15, -0.1) is 0 Å². The first kappa shape index (κ1) is 16.2. The average molecular weight is 394 g/mol. The summed E-state index contributed by atoms with van der Waals surface area (Å²) >= 11 is 6.64. The van der Waals surface area contributed by atoms with Crippen molar-refractivity contribution >= 4 is 44.1 Å². The molecule has 0 aliphatic heterocycles. The number of carbonyl (C=O) groups excluding carboxylic acids is 2. The Labute approximate surface area is 128 Å². The SMILES string of the molecule is CCOC(=O)C(CC)Oc1c(Br)cc(C=O)cc1Br.